The van der Waals surface area contributed by atoms with Gasteiger partial charge in [-0.3, -0.25) is 19.7 Å². The number of carbonyl (C=O) groups excluding carboxylic acids is 2. The summed E-state index contributed by atoms with van der Waals surface area (Å²) in [6.07, 6.45) is -0.289. The Morgan fingerprint density at radius 1 is 1.22 bits per heavy atom. The first kappa shape index (κ1) is 20.0. The van der Waals surface area contributed by atoms with Crippen molar-refractivity contribution >= 4 is 46.0 Å². The molecule has 0 saturated heterocycles. The van der Waals surface area contributed by atoms with Crippen molar-refractivity contribution in [2.24, 2.45) is 10.2 Å². The lowest BCUT2D eigenvalue weighted by Crippen LogP contribution is -2.15. The minimum atomic E-state index is -0.572. The molecule has 0 aliphatic rings. The maximum Gasteiger partial charge on any atom is 0.271 e. The fourth-order valence-corrected chi connectivity index (χ4v) is 2.32. The zero-order chi connectivity index (χ0) is 20.0. The van der Waals surface area contributed by atoms with Crippen molar-refractivity contribution in [3.05, 3.63) is 51.5 Å². The van der Waals surface area contributed by atoms with E-state index in [4.69, 9.17) is 16.3 Å². The summed E-state index contributed by atoms with van der Waals surface area (Å²) >= 11 is 5.99. The Morgan fingerprint density at radius 3 is 2.52 bits per heavy atom. The highest BCUT2D eigenvalue weighted by molar-refractivity contribution is 6.33. The SMILES string of the molecule is COc1cccc(N=Nc2ccc([N+](=O)[O-])cc2Cl)c1NC(=O)CC(C)=O. The highest BCUT2D eigenvalue weighted by Gasteiger charge is 2.14. The second-order valence-electron chi connectivity index (χ2n) is 5.37. The van der Waals surface area contributed by atoms with Crippen LogP contribution in [0.3, 0.4) is 0 Å². The second-order valence-corrected chi connectivity index (χ2v) is 5.78. The monoisotopic (exact) mass is 390 g/mol. The van der Waals surface area contributed by atoms with Crippen LogP contribution in [-0.2, 0) is 9.59 Å². The molecule has 1 amide bonds. The lowest BCUT2D eigenvalue weighted by molar-refractivity contribution is -0.384. The number of hydrogen-bond donors (Lipinski definition) is 1. The number of nitrogens with one attached hydrogen (secondary N) is 1. The number of anilines is 1. The van der Waals surface area contributed by atoms with Crippen molar-refractivity contribution in [1.29, 1.82) is 0 Å². The summed E-state index contributed by atoms with van der Waals surface area (Å²) in [5, 5.41) is 21.4. The molecule has 0 saturated carbocycles. The molecule has 0 aliphatic heterocycles. The summed E-state index contributed by atoms with van der Waals surface area (Å²) in [5.74, 6) is -0.474. The van der Waals surface area contributed by atoms with Gasteiger partial charge in [0.05, 0.1) is 23.5 Å². The first-order chi connectivity index (χ1) is 12.8. The van der Waals surface area contributed by atoms with Gasteiger partial charge in [-0.25, -0.2) is 0 Å². The van der Waals surface area contributed by atoms with E-state index in [1.807, 2.05) is 0 Å². The largest absolute Gasteiger partial charge is 0.494 e. The van der Waals surface area contributed by atoms with Gasteiger partial charge >= 0.3 is 0 Å². The number of non-ortho nitro benzene ring substituents is 1. The normalized spacial score (nSPS) is 10.6. The van der Waals surface area contributed by atoms with Crippen molar-refractivity contribution in [3.63, 3.8) is 0 Å². The van der Waals surface area contributed by atoms with Crippen LogP contribution < -0.4 is 10.1 Å². The van der Waals surface area contributed by atoms with Crippen molar-refractivity contribution in [2.45, 2.75) is 13.3 Å². The van der Waals surface area contributed by atoms with Crippen LogP contribution in [0.2, 0.25) is 5.02 Å². The molecule has 0 heterocycles. The van der Waals surface area contributed by atoms with Gasteiger partial charge in [-0.05, 0) is 25.1 Å². The average molecular weight is 391 g/mol. The number of nitrogens with zero attached hydrogens (tertiary/aromatic N) is 3. The number of hydrogen-bond acceptors (Lipinski definition) is 7. The summed E-state index contributed by atoms with van der Waals surface area (Å²) in [7, 11) is 1.42. The van der Waals surface area contributed by atoms with E-state index in [0.29, 0.717) is 5.75 Å². The molecule has 140 valence electrons. The number of rotatable bonds is 7. The molecule has 0 unspecified atom stereocenters. The van der Waals surface area contributed by atoms with Gasteiger partial charge in [-0.1, -0.05) is 17.7 Å². The molecule has 1 N–H and O–H groups in total. The van der Waals surface area contributed by atoms with Crippen molar-refractivity contribution in [1.82, 2.24) is 0 Å². The lowest BCUT2D eigenvalue weighted by atomic mass is 10.2. The maximum atomic E-state index is 11.9. The Morgan fingerprint density at radius 2 is 1.93 bits per heavy atom. The van der Waals surface area contributed by atoms with Crippen LogP contribution in [0.5, 0.6) is 5.75 Å². The molecule has 0 fully saturated rings. The second kappa shape index (κ2) is 8.86. The number of ketones is 1. The molecule has 2 aromatic rings. The van der Waals surface area contributed by atoms with E-state index in [1.165, 1.54) is 26.2 Å². The number of azo groups is 1. The number of benzene rings is 2. The summed E-state index contributed by atoms with van der Waals surface area (Å²) in [4.78, 5) is 33.2. The molecule has 0 aromatic heterocycles. The van der Waals surface area contributed by atoms with Crippen LogP contribution in [0.1, 0.15) is 13.3 Å². The molecule has 2 aromatic carbocycles. The van der Waals surface area contributed by atoms with Gasteiger partial charge in [-0.15, -0.1) is 10.2 Å². The zero-order valence-corrected chi connectivity index (χ0v) is 15.2. The predicted molar refractivity (Wildman–Crippen MR) is 99.2 cm³/mol. The maximum absolute atomic E-state index is 11.9. The van der Waals surface area contributed by atoms with Gasteiger partial charge < -0.3 is 10.1 Å². The molecule has 0 spiro atoms. The van der Waals surface area contributed by atoms with E-state index < -0.39 is 10.8 Å². The smallest absolute Gasteiger partial charge is 0.271 e. The van der Waals surface area contributed by atoms with Crippen molar-refractivity contribution in [2.75, 3.05) is 12.4 Å². The number of amides is 1. The Hall–Kier alpha value is -3.33. The van der Waals surface area contributed by atoms with Gasteiger partial charge in [-0.2, -0.15) is 0 Å². The Balaban J connectivity index is 2.35. The number of halogens is 1. The van der Waals surface area contributed by atoms with Gasteiger partial charge in [0.1, 0.15) is 28.6 Å². The number of carbonyl (C=O) groups is 2. The Kier molecular flexibility index (Phi) is 6.56. The third kappa shape index (κ3) is 5.32. The Bertz CT molecular complexity index is 930. The molecule has 2 rings (SSSR count). The van der Waals surface area contributed by atoms with Crippen molar-refractivity contribution < 1.29 is 19.2 Å². The number of nitro groups is 1. The molecule has 10 heteroatoms. The van der Waals surface area contributed by atoms with Crippen LogP contribution in [0.25, 0.3) is 0 Å². The standard InChI is InChI=1S/C17H15ClN4O5/c1-10(23)8-16(24)19-17-14(4-3-5-15(17)27-2)21-20-13-7-6-11(22(25)26)9-12(13)18/h3-7,9H,8H2,1-2H3,(H,19,24). The number of para-hydroxylation sites is 1. The molecule has 0 atom stereocenters. The van der Waals surface area contributed by atoms with E-state index in [2.05, 4.69) is 15.5 Å². The minimum absolute atomic E-state index is 0.0537. The molecule has 9 nitrogen and oxygen atoms in total. The lowest BCUT2D eigenvalue weighted by Gasteiger charge is -2.11. The van der Waals surface area contributed by atoms with E-state index in [9.17, 15) is 19.7 Å². The first-order valence-electron chi connectivity index (χ1n) is 7.63. The van der Waals surface area contributed by atoms with Gasteiger partial charge in [0, 0.05) is 12.1 Å². The first-order valence-corrected chi connectivity index (χ1v) is 8.01. The molecule has 0 radical (unpaired) electrons. The molecule has 0 aliphatic carbocycles. The van der Waals surface area contributed by atoms with E-state index in [0.717, 1.165) is 6.07 Å². The average Bonchev–Trinajstić information content (AvgIpc) is 2.60. The molecule has 0 bridgehead atoms. The fourth-order valence-electron chi connectivity index (χ4n) is 2.11. The summed E-state index contributed by atoms with van der Waals surface area (Å²) < 4.78 is 5.21. The topological polar surface area (TPSA) is 123 Å². The van der Waals surface area contributed by atoms with Gasteiger partial charge in [0.15, 0.2) is 0 Å². The third-order valence-corrected chi connectivity index (χ3v) is 3.61. The number of methoxy groups -OCH3 is 1. The number of Topliss-reactive ketones (excluding diaryl/α,β-unsaturated/α-hetero) is 1. The summed E-state index contributed by atoms with van der Waals surface area (Å²) in [6.45, 7) is 1.30. The van der Waals surface area contributed by atoms with Gasteiger partial charge in [0.25, 0.3) is 5.69 Å². The van der Waals surface area contributed by atoms with E-state index in [-0.39, 0.29) is 40.0 Å². The highest BCUT2D eigenvalue weighted by Crippen LogP contribution is 2.37. The summed E-state index contributed by atoms with van der Waals surface area (Å²) in [5.41, 5.74) is 0.553. The van der Waals surface area contributed by atoms with Crippen LogP contribution >= 0.6 is 11.6 Å². The molecule has 27 heavy (non-hydrogen) atoms. The quantitative estimate of drug-likeness (QED) is 0.320. The summed E-state index contributed by atoms with van der Waals surface area (Å²) in [6, 6.07) is 8.61. The van der Waals surface area contributed by atoms with Crippen LogP contribution in [-0.4, -0.2) is 23.7 Å². The Labute approximate surface area is 159 Å². The highest BCUT2D eigenvalue weighted by atomic mass is 35.5. The van der Waals surface area contributed by atoms with E-state index in [1.54, 1.807) is 18.2 Å². The third-order valence-electron chi connectivity index (χ3n) is 3.31. The van der Waals surface area contributed by atoms with Crippen LogP contribution in [0.4, 0.5) is 22.7 Å². The molecular formula is C17H15ClN4O5. The predicted octanol–water partition coefficient (Wildman–Crippen LogP) is 4.59. The van der Waals surface area contributed by atoms with Crippen molar-refractivity contribution in [3.8, 4) is 5.75 Å². The zero-order valence-electron chi connectivity index (χ0n) is 14.4. The van der Waals surface area contributed by atoms with Crippen LogP contribution in [0, 0.1) is 10.1 Å². The molecular weight excluding hydrogens is 376 g/mol. The minimum Gasteiger partial charge on any atom is -0.494 e. The van der Waals surface area contributed by atoms with Crippen LogP contribution in [0.15, 0.2) is 46.6 Å². The van der Waals surface area contributed by atoms with E-state index >= 15 is 0 Å². The fraction of sp³-hybridized carbons (Fsp3) is 0.176. The number of ether oxygens (including phenoxy) is 1. The van der Waals surface area contributed by atoms with Gasteiger partial charge in [0.2, 0.25) is 5.91 Å². The number of nitro benzene ring substituents is 1.